The normalized spacial score (nSPS) is 16.0. The fraction of sp³-hybridized carbons (Fsp3) is 0.833. The molecule has 1 saturated heterocycles. The smallest absolute Gasteiger partial charge is 0.438 e. The Morgan fingerprint density at radius 2 is 1.82 bits per heavy atom. The number of hydrogen-bond acceptors (Lipinski definition) is 10. The average molecular weight is 330 g/mol. The van der Waals surface area contributed by atoms with Gasteiger partial charge in [0.25, 0.3) is 0 Å². The largest absolute Gasteiger partial charge is 0.508 e. The summed E-state index contributed by atoms with van der Waals surface area (Å²) in [6.45, 7) is 1.72. The van der Waals surface area contributed by atoms with E-state index in [0.717, 1.165) is 7.11 Å². The minimum Gasteiger partial charge on any atom is -0.438 e. The minimum absolute atomic E-state index is 0.115. The van der Waals surface area contributed by atoms with Gasteiger partial charge in [0, 0.05) is 7.11 Å². The number of cyclic esters (lactones) is 2. The van der Waals surface area contributed by atoms with Crippen LogP contribution in [0.3, 0.4) is 0 Å². The van der Waals surface area contributed by atoms with E-state index in [9.17, 15) is 9.59 Å². The third kappa shape index (κ3) is 18.4. The maximum Gasteiger partial charge on any atom is 0.508 e. The van der Waals surface area contributed by atoms with Crippen LogP contribution >= 0.6 is 0 Å². The molecule has 0 aromatic heterocycles. The lowest BCUT2D eigenvalue weighted by Crippen LogP contribution is -2.14. The standard InChI is InChI=1S/C4H6O4.C4H10O2.C3H6O3.CH4O/c5-1-3-2-7-4(6)8-3;1-2-4(6)3-5;1-5-3(4)6-2;1-2/h3,5H,1-2H2;4-6H,2-3H2,1H3;1-2H3;2H,1H3. The van der Waals surface area contributed by atoms with Crippen LogP contribution in [-0.4, -0.2) is 86.1 Å². The summed E-state index contributed by atoms with van der Waals surface area (Å²) in [6, 6.07) is 0. The van der Waals surface area contributed by atoms with Gasteiger partial charge in [-0.2, -0.15) is 0 Å². The molecule has 0 spiro atoms. The Hall–Kier alpha value is -1.62. The van der Waals surface area contributed by atoms with Crippen molar-refractivity contribution in [2.24, 2.45) is 0 Å². The van der Waals surface area contributed by atoms with Crippen LogP contribution in [0, 0.1) is 0 Å². The van der Waals surface area contributed by atoms with Gasteiger partial charge in [0.1, 0.15) is 6.61 Å². The Kier molecular flexibility index (Phi) is 22.3. The Labute approximate surface area is 129 Å². The summed E-state index contributed by atoms with van der Waals surface area (Å²) in [6.07, 6.45) is -1.66. The molecule has 0 amide bonds. The fourth-order valence-electron chi connectivity index (χ4n) is 0.668. The van der Waals surface area contributed by atoms with Crippen molar-refractivity contribution in [3.05, 3.63) is 0 Å². The fourth-order valence-corrected chi connectivity index (χ4v) is 0.668. The summed E-state index contributed by atoms with van der Waals surface area (Å²) in [4.78, 5) is 19.8. The van der Waals surface area contributed by atoms with Crippen molar-refractivity contribution in [2.75, 3.05) is 41.2 Å². The van der Waals surface area contributed by atoms with Gasteiger partial charge >= 0.3 is 12.3 Å². The van der Waals surface area contributed by atoms with E-state index in [2.05, 4.69) is 18.9 Å². The zero-order valence-electron chi connectivity index (χ0n) is 13.2. The van der Waals surface area contributed by atoms with Crippen molar-refractivity contribution in [2.45, 2.75) is 25.6 Å². The number of methoxy groups -OCH3 is 2. The highest BCUT2D eigenvalue weighted by Crippen LogP contribution is 2.03. The van der Waals surface area contributed by atoms with Crippen molar-refractivity contribution < 1.29 is 49.0 Å². The minimum atomic E-state index is -0.691. The van der Waals surface area contributed by atoms with Gasteiger partial charge in [-0.25, -0.2) is 9.59 Å². The summed E-state index contributed by atoms with van der Waals surface area (Å²) in [5.74, 6) is 0. The van der Waals surface area contributed by atoms with Crippen molar-refractivity contribution in [1.82, 2.24) is 0 Å². The summed E-state index contributed by atoms with van der Waals surface area (Å²) in [5.41, 5.74) is 0. The Bertz CT molecular complexity index is 248. The van der Waals surface area contributed by atoms with Gasteiger partial charge in [0.05, 0.1) is 33.5 Å². The number of carbonyl (C=O) groups is 2. The number of hydrogen-bond donors (Lipinski definition) is 4. The zero-order valence-corrected chi connectivity index (χ0v) is 13.2. The molecule has 22 heavy (non-hydrogen) atoms. The topological polar surface area (TPSA) is 152 Å². The van der Waals surface area contributed by atoms with Crippen molar-refractivity contribution >= 4 is 12.3 Å². The van der Waals surface area contributed by atoms with Crippen LogP contribution in [0.15, 0.2) is 0 Å². The Balaban J connectivity index is -0.000000237. The van der Waals surface area contributed by atoms with Crippen molar-refractivity contribution in [1.29, 1.82) is 0 Å². The number of carbonyl (C=O) groups excluding carboxylic acids is 2. The van der Waals surface area contributed by atoms with E-state index in [-0.39, 0.29) is 19.8 Å². The van der Waals surface area contributed by atoms with Gasteiger partial charge in [-0.1, -0.05) is 6.92 Å². The second-order valence-corrected chi connectivity index (χ2v) is 3.39. The van der Waals surface area contributed by atoms with E-state index < -0.39 is 24.5 Å². The molecule has 0 saturated carbocycles. The first kappa shape index (κ1) is 25.3. The number of ether oxygens (including phenoxy) is 4. The molecular weight excluding hydrogens is 304 g/mol. The van der Waals surface area contributed by atoms with E-state index in [1.54, 1.807) is 0 Å². The van der Waals surface area contributed by atoms with Crippen LogP contribution in [0.1, 0.15) is 13.3 Å². The molecule has 4 N–H and O–H groups in total. The van der Waals surface area contributed by atoms with E-state index in [1.807, 2.05) is 6.92 Å². The van der Waals surface area contributed by atoms with E-state index in [4.69, 9.17) is 20.4 Å². The molecule has 1 heterocycles. The second-order valence-electron chi connectivity index (χ2n) is 3.39. The predicted molar refractivity (Wildman–Crippen MR) is 74.2 cm³/mol. The average Bonchev–Trinajstić information content (AvgIpc) is 3.01. The van der Waals surface area contributed by atoms with Gasteiger partial charge in [-0.15, -0.1) is 0 Å². The van der Waals surface area contributed by atoms with Crippen LogP contribution in [0.2, 0.25) is 0 Å². The quantitative estimate of drug-likeness (QED) is 0.487. The first-order valence-electron chi connectivity index (χ1n) is 6.24. The van der Waals surface area contributed by atoms with Crippen molar-refractivity contribution in [3.8, 4) is 0 Å². The molecule has 0 bridgehead atoms. The van der Waals surface area contributed by atoms with Gasteiger partial charge in [-0.3, -0.25) is 0 Å². The van der Waals surface area contributed by atoms with Crippen LogP contribution in [0.25, 0.3) is 0 Å². The molecule has 10 heteroatoms. The molecule has 2 unspecified atom stereocenters. The molecule has 1 aliphatic heterocycles. The first-order chi connectivity index (χ1) is 10.4. The second kappa shape index (κ2) is 19.4. The Morgan fingerprint density at radius 3 is 1.91 bits per heavy atom. The van der Waals surface area contributed by atoms with Crippen LogP contribution in [0.4, 0.5) is 9.59 Å². The molecule has 1 rings (SSSR count). The van der Waals surface area contributed by atoms with E-state index in [1.165, 1.54) is 14.2 Å². The molecule has 0 radical (unpaired) electrons. The van der Waals surface area contributed by atoms with Crippen molar-refractivity contribution in [3.63, 3.8) is 0 Å². The summed E-state index contributed by atoms with van der Waals surface area (Å²) >= 11 is 0. The monoisotopic (exact) mass is 330 g/mol. The number of aliphatic hydroxyl groups is 4. The lowest BCUT2D eigenvalue weighted by molar-refractivity contribution is 0.0915. The van der Waals surface area contributed by atoms with Gasteiger partial charge in [0.2, 0.25) is 0 Å². The van der Waals surface area contributed by atoms with Gasteiger partial charge in [-0.05, 0) is 6.42 Å². The molecule has 1 fully saturated rings. The maximum atomic E-state index is 10.1. The molecule has 1 aliphatic rings. The molecule has 2 atom stereocenters. The first-order valence-corrected chi connectivity index (χ1v) is 6.24. The summed E-state index contributed by atoms with van der Waals surface area (Å²) in [5, 5.41) is 31.8. The highest BCUT2D eigenvalue weighted by atomic mass is 16.8. The highest BCUT2D eigenvalue weighted by molar-refractivity contribution is 5.61. The molecule has 10 nitrogen and oxygen atoms in total. The highest BCUT2D eigenvalue weighted by Gasteiger charge is 2.23. The van der Waals surface area contributed by atoms with Crippen LogP contribution in [0.5, 0.6) is 0 Å². The molecule has 0 aliphatic carbocycles. The third-order valence-corrected chi connectivity index (χ3v) is 1.87. The maximum absolute atomic E-state index is 10.1. The van der Waals surface area contributed by atoms with Crippen LogP contribution < -0.4 is 0 Å². The predicted octanol–water partition coefficient (Wildman–Crippen LogP) is -0.729. The number of aliphatic hydroxyl groups excluding tert-OH is 4. The molecule has 0 aromatic carbocycles. The SMILES string of the molecule is CCC(O)CO.CO.COC(=O)OC.O=C1OCC(CO)O1. The number of rotatable bonds is 3. The van der Waals surface area contributed by atoms with Crippen LogP contribution in [-0.2, 0) is 18.9 Å². The summed E-state index contributed by atoms with van der Waals surface area (Å²) in [7, 11) is 3.51. The zero-order chi connectivity index (χ0) is 18.0. The third-order valence-electron chi connectivity index (χ3n) is 1.87. The molecular formula is C12H26O10. The van der Waals surface area contributed by atoms with E-state index >= 15 is 0 Å². The molecule has 0 aromatic rings. The molecule has 134 valence electrons. The summed E-state index contributed by atoms with van der Waals surface area (Å²) < 4.78 is 16.8. The van der Waals surface area contributed by atoms with Gasteiger partial charge < -0.3 is 39.4 Å². The van der Waals surface area contributed by atoms with E-state index in [0.29, 0.717) is 6.42 Å². The lowest BCUT2D eigenvalue weighted by atomic mass is 10.3. The Morgan fingerprint density at radius 1 is 1.32 bits per heavy atom. The van der Waals surface area contributed by atoms with Gasteiger partial charge in [0.15, 0.2) is 6.10 Å². The lowest BCUT2D eigenvalue weighted by Gasteiger charge is -1.97.